The van der Waals surface area contributed by atoms with Gasteiger partial charge in [0.15, 0.2) is 0 Å². The van der Waals surface area contributed by atoms with Crippen molar-refractivity contribution in [2.75, 3.05) is 6.54 Å². The summed E-state index contributed by atoms with van der Waals surface area (Å²) in [5.74, 6) is 2.38. The Bertz CT molecular complexity index is 359. The van der Waals surface area contributed by atoms with Gasteiger partial charge in [-0.25, -0.2) is 0 Å². The number of benzene rings is 1. The van der Waals surface area contributed by atoms with Gasteiger partial charge in [-0.05, 0) is 42.7 Å². The Labute approximate surface area is 118 Å². The van der Waals surface area contributed by atoms with Gasteiger partial charge in [-0.1, -0.05) is 63.9 Å². The quantitative estimate of drug-likeness (QED) is 0.815. The van der Waals surface area contributed by atoms with E-state index in [2.05, 4.69) is 56.4 Å². The van der Waals surface area contributed by atoms with E-state index in [1.165, 1.54) is 31.2 Å². The first-order valence-electron chi connectivity index (χ1n) is 7.97. The third-order valence-corrected chi connectivity index (χ3v) is 5.06. The van der Waals surface area contributed by atoms with E-state index in [0.29, 0.717) is 5.92 Å². The third kappa shape index (κ3) is 4.07. The highest BCUT2D eigenvalue weighted by molar-refractivity contribution is 5.18. The van der Waals surface area contributed by atoms with Gasteiger partial charge in [0.1, 0.15) is 0 Å². The minimum absolute atomic E-state index is 0.657. The summed E-state index contributed by atoms with van der Waals surface area (Å²) in [6.45, 7) is 8.31. The summed E-state index contributed by atoms with van der Waals surface area (Å²) in [4.78, 5) is 0. The summed E-state index contributed by atoms with van der Waals surface area (Å²) in [6, 6.07) is 11.6. The fourth-order valence-electron chi connectivity index (χ4n) is 3.30. The minimum Gasteiger partial charge on any atom is -0.314 e. The van der Waals surface area contributed by atoms with Gasteiger partial charge in [0.25, 0.3) is 0 Å². The smallest absolute Gasteiger partial charge is 0.00952 e. The monoisotopic (exact) mass is 259 g/mol. The zero-order valence-corrected chi connectivity index (χ0v) is 12.7. The van der Waals surface area contributed by atoms with Gasteiger partial charge in [-0.15, -0.1) is 0 Å². The van der Waals surface area contributed by atoms with Crippen LogP contribution in [0.15, 0.2) is 30.3 Å². The summed E-state index contributed by atoms with van der Waals surface area (Å²) < 4.78 is 0. The van der Waals surface area contributed by atoms with Crippen molar-refractivity contribution in [1.29, 1.82) is 0 Å². The van der Waals surface area contributed by atoms with E-state index >= 15 is 0 Å². The first-order chi connectivity index (χ1) is 9.18. The Balaban J connectivity index is 1.74. The molecule has 2 rings (SSSR count). The SMILES string of the molecule is CC(CCNC1CCCC(C)C1C)c1ccccc1. The van der Waals surface area contributed by atoms with E-state index in [1.54, 1.807) is 0 Å². The molecule has 19 heavy (non-hydrogen) atoms. The number of nitrogens with one attached hydrogen (secondary N) is 1. The molecule has 0 bridgehead atoms. The van der Waals surface area contributed by atoms with Crippen molar-refractivity contribution in [3.05, 3.63) is 35.9 Å². The van der Waals surface area contributed by atoms with Crippen LogP contribution in [0.2, 0.25) is 0 Å². The number of hydrogen-bond donors (Lipinski definition) is 1. The number of rotatable bonds is 5. The predicted octanol–water partition coefficient (Wildman–Crippen LogP) is 4.59. The molecule has 0 amide bonds. The predicted molar refractivity (Wildman–Crippen MR) is 83.4 cm³/mol. The second-order valence-corrected chi connectivity index (χ2v) is 6.43. The maximum absolute atomic E-state index is 3.80. The molecule has 1 nitrogen and oxygen atoms in total. The Morgan fingerprint density at radius 1 is 1.16 bits per heavy atom. The second kappa shape index (κ2) is 7.09. The molecule has 1 aliphatic rings. The molecule has 1 aromatic carbocycles. The van der Waals surface area contributed by atoms with Crippen LogP contribution >= 0.6 is 0 Å². The van der Waals surface area contributed by atoms with E-state index in [4.69, 9.17) is 0 Å². The zero-order valence-electron chi connectivity index (χ0n) is 12.7. The number of hydrogen-bond acceptors (Lipinski definition) is 1. The lowest BCUT2D eigenvalue weighted by Gasteiger charge is -2.35. The highest BCUT2D eigenvalue weighted by Crippen LogP contribution is 2.29. The van der Waals surface area contributed by atoms with Crippen LogP contribution < -0.4 is 5.32 Å². The Kier molecular flexibility index (Phi) is 5.45. The first-order valence-corrected chi connectivity index (χ1v) is 7.97. The van der Waals surface area contributed by atoms with Crippen LogP contribution in [0.5, 0.6) is 0 Å². The Morgan fingerprint density at radius 3 is 2.63 bits per heavy atom. The van der Waals surface area contributed by atoms with Crippen molar-refractivity contribution in [3.63, 3.8) is 0 Å². The zero-order chi connectivity index (χ0) is 13.7. The topological polar surface area (TPSA) is 12.0 Å². The lowest BCUT2D eigenvalue weighted by Crippen LogP contribution is -2.41. The van der Waals surface area contributed by atoms with Crippen LogP contribution in [0.1, 0.15) is 57.9 Å². The maximum Gasteiger partial charge on any atom is 0.00952 e. The summed E-state index contributed by atoms with van der Waals surface area (Å²) in [6.07, 6.45) is 5.42. The van der Waals surface area contributed by atoms with Gasteiger partial charge < -0.3 is 5.32 Å². The van der Waals surface area contributed by atoms with Gasteiger partial charge in [-0.3, -0.25) is 0 Å². The molecule has 1 aliphatic carbocycles. The molecular formula is C18H29N. The van der Waals surface area contributed by atoms with Crippen molar-refractivity contribution >= 4 is 0 Å². The molecule has 1 saturated carbocycles. The van der Waals surface area contributed by atoms with E-state index in [0.717, 1.165) is 24.4 Å². The third-order valence-electron chi connectivity index (χ3n) is 5.06. The van der Waals surface area contributed by atoms with Crippen LogP contribution in [0.25, 0.3) is 0 Å². The van der Waals surface area contributed by atoms with Gasteiger partial charge in [0.05, 0.1) is 0 Å². The molecule has 1 heteroatoms. The van der Waals surface area contributed by atoms with Crippen LogP contribution in [-0.4, -0.2) is 12.6 Å². The lowest BCUT2D eigenvalue weighted by molar-refractivity contribution is 0.206. The van der Waals surface area contributed by atoms with Crippen LogP contribution in [0, 0.1) is 11.8 Å². The summed E-state index contributed by atoms with van der Waals surface area (Å²) in [5.41, 5.74) is 1.47. The van der Waals surface area contributed by atoms with E-state index < -0.39 is 0 Å². The van der Waals surface area contributed by atoms with Gasteiger partial charge >= 0.3 is 0 Å². The molecule has 4 unspecified atom stereocenters. The van der Waals surface area contributed by atoms with Crippen LogP contribution in [0.4, 0.5) is 0 Å². The van der Waals surface area contributed by atoms with E-state index in [-0.39, 0.29) is 0 Å². The molecule has 0 aromatic heterocycles. The van der Waals surface area contributed by atoms with Crippen molar-refractivity contribution in [3.8, 4) is 0 Å². The van der Waals surface area contributed by atoms with Crippen molar-refractivity contribution in [1.82, 2.24) is 5.32 Å². The van der Waals surface area contributed by atoms with Gasteiger partial charge in [-0.2, -0.15) is 0 Å². The van der Waals surface area contributed by atoms with E-state index in [1.807, 2.05) is 0 Å². The van der Waals surface area contributed by atoms with Crippen LogP contribution in [0.3, 0.4) is 0 Å². The lowest BCUT2D eigenvalue weighted by atomic mass is 9.78. The Morgan fingerprint density at radius 2 is 1.89 bits per heavy atom. The Hall–Kier alpha value is -0.820. The highest BCUT2D eigenvalue weighted by atomic mass is 14.9. The second-order valence-electron chi connectivity index (χ2n) is 6.43. The van der Waals surface area contributed by atoms with Crippen molar-refractivity contribution in [2.24, 2.45) is 11.8 Å². The molecule has 0 spiro atoms. The summed E-state index contributed by atoms with van der Waals surface area (Å²) in [7, 11) is 0. The largest absolute Gasteiger partial charge is 0.314 e. The van der Waals surface area contributed by atoms with E-state index in [9.17, 15) is 0 Å². The summed E-state index contributed by atoms with van der Waals surface area (Å²) >= 11 is 0. The standard InChI is InChI=1S/C18H29N/c1-14-8-7-11-18(16(14)3)19-13-12-15(2)17-9-5-4-6-10-17/h4-6,9-10,14-16,18-19H,7-8,11-13H2,1-3H3. The maximum atomic E-state index is 3.80. The highest BCUT2D eigenvalue weighted by Gasteiger charge is 2.26. The van der Waals surface area contributed by atoms with Crippen molar-refractivity contribution in [2.45, 2.75) is 58.4 Å². The average molecular weight is 259 g/mol. The van der Waals surface area contributed by atoms with Crippen molar-refractivity contribution < 1.29 is 0 Å². The molecule has 0 saturated heterocycles. The molecule has 106 valence electrons. The first kappa shape index (κ1) is 14.6. The van der Waals surface area contributed by atoms with Gasteiger partial charge in [0, 0.05) is 6.04 Å². The summed E-state index contributed by atoms with van der Waals surface area (Å²) in [5, 5.41) is 3.80. The molecule has 0 heterocycles. The minimum atomic E-state index is 0.657. The normalized spacial score (nSPS) is 29.1. The molecule has 1 aromatic rings. The average Bonchev–Trinajstić information content (AvgIpc) is 2.44. The molecule has 0 aliphatic heterocycles. The molecule has 1 N–H and O–H groups in total. The van der Waals surface area contributed by atoms with Crippen LogP contribution in [-0.2, 0) is 0 Å². The fourth-order valence-corrected chi connectivity index (χ4v) is 3.30. The molecule has 4 atom stereocenters. The van der Waals surface area contributed by atoms with Gasteiger partial charge in [0.2, 0.25) is 0 Å². The fraction of sp³-hybridized carbons (Fsp3) is 0.667. The molecule has 1 fully saturated rings. The molecule has 0 radical (unpaired) electrons. The molecular weight excluding hydrogens is 230 g/mol.